The molecule has 2 aliphatic carbocycles. The molecule has 1 aromatic rings. The average Bonchev–Trinajstić information content (AvgIpc) is 2.92. The summed E-state index contributed by atoms with van der Waals surface area (Å²) in [6, 6.07) is 0. The van der Waals surface area contributed by atoms with Crippen LogP contribution in [0.25, 0.3) is 0 Å². The van der Waals surface area contributed by atoms with Crippen LogP contribution >= 0.6 is 11.8 Å². The molecule has 0 saturated heterocycles. The molecule has 0 aliphatic heterocycles. The van der Waals surface area contributed by atoms with Gasteiger partial charge in [0.2, 0.25) is 5.89 Å². The molecule has 2 saturated carbocycles. The highest BCUT2D eigenvalue weighted by atomic mass is 32.2. The van der Waals surface area contributed by atoms with Crippen molar-refractivity contribution in [3.8, 4) is 0 Å². The first-order chi connectivity index (χ1) is 8.81. The molecule has 1 aromatic heterocycles. The van der Waals surface area contributed by atoms with Crippen molar-refractivity contribution >= 4 is 17.5 Å². The number of carbonyl (C=O) groups is 1. The van der Waals surface area contributed by atoms with E-state index in [1.165, 1.54) is 25.7 Å². The summed E-state index contributed by atoms with van der Waals surface area (Å²) in [6.45, 7) is 0. The third-order valence-electron chi connectivity index (χ3n) is 3.62. The van der Waals surface area contributed by atoms with Gasteiger partial charge in [0.15, 0.2) is 5.82 Å². The van der Waals surface area contributed by atoms with Crippen LogP contribution in [-0.2, 0) is 17.0 Å². The van der Waals surface area contributed by atoms with Crippen molar-refractivity contribution in [1.82, 2.24) is 10.1 Å². The van der Waals surface area contributed by atoms with Gasteiger partial charge in [-0.05, 0) is 25.7 Å². The molecule has 0 unspecified atom stereocenters. The SMILES string of the molecule is O=C(Cc1nc(CSC2CCCC2)no1)C1CC1. The van der Waals surface area contributed by atoms with Gasteiger partial charge >= 0.3 is 0 Å². The zero-order chi connectivity index (χ0) is 12.4. The summed E-state index contributed by atoms with van der Waals surface area (Å²) in [7, 11) is 0. The Morgan fingerprint density at radius 2 is 2.06 bits per heavy atom. The molecule has 0 N–H and O–H groups in total. The van der Waals surface area contributed by atoms with Gasteiger partial charge in [-0.2, -0.15) is 16.7 Å². The zero-order valence-corrected chi connectivity index (χ0v) is 11.2. The van der Waals surface area contributed by atoms with Gasteiger partial charge in [-0.25, -0.2) is 0 Å². The molecule has 0 spiro atoms. The maximum Gasteiger partial charge on any atom is 0.234 e. The summed E-state index contributed by atoms with van der Waals surface area (Å²) in [5, 5.41) is 4.71. The Hall–Kier alpha value is -0.840. The van der Waals surface area contributed by atoms with E-state index in [2.05, 4.69) is 10.1 Å². The van der Waals surface area contributed by atoms with Gasteiger partial charge in [-0.15, -0.1) is 0 Å². The number of aromatic nitrogens is 2. The lowest BCUT2D eigenvalue weighted by atomic mass is 10.2. The number of hydrogen-bond acceptors (Lipinski definition) is 5. The fraction of sp³-hybridized carbons (Fsp3) is 0.769. The molecule has 0 aromatic carbocycles. The van der Waals surface area contributed by atoms with Crippen molar-refractivity contribution in [3.63, 3.8) is 0 Å². The monoisotopic (exact) mass is 266 g/mol. The fourth-order valence-corrected chi connectivity index (χ4v) is 3.54. The highest BCUT2D eigenvalue weighted by Gasteiger charge is 2.30. The van der Waals surface area contributed by atoms with Crippen molar-refractivity contribution in [1.29, 1.82) is 0 Å². The van der Waals surface area contributed by atoms with E-state index in [0.29, 0.717) is 12.3 Å². The second kappa shape index (κ2) is 5.43. The van der Waals surface area contributed by atoms with Crippen molar-refractivity contribution < 1.29 is 9.32 Å². The van der Waals surface area contributed by atoms with Crippen LogP contribution in [0.3, 0.4) is 0 Å². The minimum atomic E-state index is 0.258. The van der Waals surface area contributed by atoms with Crippen LogP contribution in [0, 0.1) is 5.92 Å². The first-order valence-corrected chi connectivity index (χ1v) is 7.82. The largest absolute Gasteiger partial charge is 0.339 e. The molecule has 4 nitrogen and oxygen atoms in total. The van der Waals surface area contributed by atoms with Crippen LogP contribution in [0.5, 0.6) is 0 Å². The van der Waals surface area contributed by atoms with Crippen LogP contribution in [0.4, 0.5) is 0 Å². The number of nitrogens with zero attached hydrogens (tertiary/aromatic N) is 2. The molecule has 2 aliphatic rings. The summed E-state index contributed by atoms with van der Waals surface area (Å²) in [5.74, 6) is 2.58. The quantitative estimate of drug-likeness (QED) is 0.792. The molecule has 3 rings (SSSR count). The molecule has 0 bridgehead atoms. The normalized spacial score (nSPS) is 20.4. The van der Waals surface area contributed by atoms with Crippen molar-refractivity contribution in [3.05, 3.63) is 11.7 Å². The Bertz CT molecular complexity index is 422. The van der Waals surface area contributed by atoms with Crippen molar-refractivity contribution in [2.24, 2.45) is 5.92 Å². The lowest BCUT2D eigenvalue weighted by Gasteiger charge is -2.04. The number of ketones is 1. The second-order valence-corrected chi connectivity index (χ2v) is 6.53. The standard InChI is InChI=1S/C13H18N2O2S/c16-11(9-5-6-9)7-13-14-12(15-17-13)8-18-10-3-1-2-4-10/h9-10H,1-8H2. The first-order valence-electron chi connectivity index (χ1n) is 6.77. The van der Waals surface area contributed by atoms with Crippen molar-refractivity contribution in [2.45, 2.75) is 55.9 Å². The molecule has 98 valence electrons. The first kappa shape index (κ1) is 12.2. The molecule has 1 heterocycles. The minimum Gasteiger partial charge on any atom is -0.339 e. The molecule has 18 heavy (non-hydrogen) atoms. The Balaban J connectivity index is 1.47. The Morgan fingerprint density at radius 3 is 2.78 bits per heavy atom. The van der Waals surface area contributed by atoms with E-state index in [4.69, 9.17) is 4.52 Å². The summed E-state index contributed by atoms with van der Waals surface area (Å²) in [5.41, 5.74) is 0. The smallest absolute Gasteiger partial charge is 0.234 e. The third-order valence-corrected chi connectivity index (χ3v) is 4.99. The maximum atomic E-state index is 11.6. The lowest BCUT2D eigenvalue weighted by Crippen LogP contribution is -2.05. The van der Waals surface area contributed by atoms with Gasteiger partial charge in [-0.1, -0.05) is 18.0 Å². The van der Waals surface area contributed by atoms with E-state index < -0.39 is 0 Å². The van der Waals surface area contributed by atoms with Gasteiger partial charge in [0, 0.05) is 11.2 Å². The van der Waals surface area contributed by atoms with Crippen LogP contribution in [0.1, 0.15) is 50.2 Å². The topological polar surface area (TPSA) is 56.0 Å². The summed E-state index contributed by atoms with van der Waals surface area (Å²) in [4.78, 5) is 15.9. The Morgan fingerprint density at radius 1 is 1.28 bits per heavy atom. The second-order valence-electron chi connectivity index (χ2n) is 5.24. The fourth-order valence-electron chi connectivity index (χ4n) is 2.37. The highest BCUT2D eigenvalue weighted by molar-refractivity contribution is 7.99. The number of thioether (sulfide) groups is 1. The molecular formula is C13H18N2O2S. The van der Waals surface area contributed by atoms with Crippen LogP contribution in [0.15, 0.2) is 4.52 Å². The van der Waals surface area contributed by atoms with Crippen LogP contribution < -0.4 is 0 Å². The van der Waals surface area contributed by atoms with Crippen molar-refractivity contribution in [2.75, 3.05) is 0 Å². The Kier molecular flexibility index (Phi) is 3.68. The van der Waals surface area contributed by atoms with E-state index in [1.54, 1.807) is 0 Å². The predicted octanol–water partition coefficient (Wildman–Crippen LogP) is 2.77. The average molecular weight is 266 g/mol. The van der Waals surface area contributed by atoms with Gasteiger partial charge in [0.25, 0.3) is 0 Å². The van der Waals surface area contributed by atoms with E-state index in [9.17, 15) is 4.79 Å². The van der Waals surface area contributed by atoms with E-state index in [0.717, 1.165) is 29.7 Å². The maximum absolute atomic E-state index is 11.6. The molecule has 0 amide bonds. The van der Waals surface area contributed by atoms with Gasteiger partial charge < -0.3 is 4.52 Å². The van der Waals surface area contributed by atoms with Crippen LogP contribution in [-0.4, -0.2) is 21.2 Å². The third kappa shape index (κ3) is 3.13. The van der Waals surface area contributed by atoms with E-state index in [1.807, 2.05) is 11.8 Å². The van der Waals surface area contributed by atoms with Crippen LogP contribution in [0.2, 0.25) is 0 Å². The molecule has 5 heteroatoms. The van der Waals surface area contributed by atoms with Gasteiger partial charge in [0.1, 0.15) is 5.78 Å². The zero-order valence-electron chi connectivity index (χ0n) is 10.4. The Labute approximate surface area is 111 Å². The number of Topliss-reactive ketones (excluding diaryl/α,β-unsaturated/α-hetero) is 1. The lowest BCUT2D eigenvalue weighted by molar-refractivity contribution is -0.119. The molecule has 2 fully saturated rings. The van der Waals surface area contributed by atoms with Gasteiger partial charge in [-0.3, -0.25) is 4.79 Å². The minimum absolute atomic E-state index is 0.258. The van der Waals surface area contributed by atoms with Gasteiger partial charge in [0.05, 0.1) is 12.2 Å². The summed E-state index contributed by atoms with van der Waals surface area (Å²) >= 11 is 1.92. The molecule has 0 atom stereocenters. The van der Waals surface area contributed by atoms with E-state index in [-0.39, 0.29) is 11.7 Å². The summed E-state index contributed by atoms with van der Waals surface area (Å²) in [6.07, 6.45) is 7.74. The molecule has 0 radical (unpaired) electrons. The highest BCUT2D eigenvalue weighted by Crippen LogP contribution is 2.32. The predicted molar refractivity (Wildman–Crippen MR) is 69.3 cm³/mol. The number of rotatable bonds is 6. The molecular weight excluding hydrogens is 248 g/mol. The number of carbonyl (C=O) groups excluding carboxylic acids is 1. The van der Waals surface area contributed by atoms with E-state index >= 15 is 0 Å². The summed E-state index contributed by atoms with van der Waals surface area (Å²) < 4.78 is 5.13. The number of hydrogen-bond donors (Lipinski definition) is 0.